The van der Waals surface area contributed by atoms with Crippen LogP contribution < -0.4 is 11.1 Å². The molecule has 1 atom stereocenters. The fourth-order valence-electron chi connectivity index (χ4n) is 1.40. The predicted octanol–water partition coefficient (Wildman–Crippen LogP) is 1.15. The number of nitrogens with two attached hydrogens (primary N) is 1. The SMILES string of the molecule is Nc1nc([C@@H]2CCCN2)cs1. The lowest BCUT2D eigenvalue weighted by Gasteiger charge is -2.04. The van der Waals surface area contributed by atoms with E-state index in [4.69, 9.17) is 5.73 Å². The third-order valence-electron chi connectivity index (χ3n) is 1.96. The van der Waals surface area contributed by atoms with Gasteiger partial charge in [-0.05, 0) is 19.4 Å². The van der Waals surface area contributed by atoms with E-state index in [1.807, 2.05) is 5.38 Å². The molecule has 0 aliphatic carbocycles. The van der Waals surface area contributed by atoms with Crippen molar-refractivity contribution in [2.45, 2.75) is 18.9 Å². The van der Waals surface area contributed by atoms with Crippen LogP contribution in [0, 0.1) is 0 Å². The van der Waals surface area contributed by atoms with Gasteiger partial charge in [-0.25, -0.2) is 4.98 Å². The van der Waals surface area contributed by atoms with E-state index < -0.39 is 0 Å². The van der Waals surface area contributed by atoms with Crippen LogP contribution in [0.2, 0.25) is 0 Å². The van der Waals surface area contributed by atoms with Gasteiger partial charge in [0.05, 0.1) is 11.7 Å². The first-order chi connectivity index (χ1) is 5.36. The summed E-state index contributed by atoms with van der Waals surface area (Å²) in [5.74, 6) is 0. The quantitative estimate of drug-likeness (QED) is 0.663. The largest absolute Gasteiger partial charge is 0.375 e. The minimum atomic E-state index is 0.462. The summed E-state index contributed by atoms with van der Waals surface area (Å²) in [4.78, 5) is 4.23. The van der Waals surface area contributed by atoms with Crippen LogP contribution in [0.3, 0.4) is 0 Å². The number of aromatic nitrogens is 1. The lowest BCUT2D eigenvalue weighted by atomic mass is 10.2. The summed E-state index contributed by atoms with van der Waals surface area (Å²) >= 11 is 1.52. The van der Waals surface area contributed by atoms with Crippen molar-refractivity contribution in [3.05, 3.63) is 11.1 Å². The maximum atomic E-state index is 5.53. The van der Waals surface area contributed by atoms with Crippen LogP contribution in [-0.2, 0) is 0 Å². The van der Waals surface area contributed by atoms with Gasteiger partial charge >= 0.3 is 0 Å². The van der Waals surface area contributed by atoms with Crippen LogP contribution in [0.15, 0.2) is 5.38 Å². The van der Waals surface area contributed by atoms with Crippen LogP contribution in [-0.4, -0.2) is 11.5 Å². The number of hydrogen-bond acceptors (Lipinski definition) is 4. The molecule has 0 radical (unpaired) electrons. The van der Waals surface area contributed by atoms with Gasteiger partial charge < -0.3 is 11.1 Å². The molecule has 0 saturated carbocycles. The Bertz CT molecular complexity index is 240. The molecule has 0 unspecified atom stereocenters. The molecule has 60 valence electrons. The van der Waals surface area contributed by atoms with E-state index in [-0.39, 0.29) is 0 Å². The molecule has 2 rings (SSSR count). The molecule has 1 aromatic heterocycles. The fourth-order valence-corrected chi connectivity index (χ4v) is 2.01. The number of hydrogen-bond donors (Lipinski definition) is 2. The second kappa shape index (κ2) is 2.79. The lowest BCUT2D eigenvalue weighted by molar-refractivity contribution is 0.632. The minimum absolute atomic E-state index is 0.462. The Labute approximate surface area is 69.6 Å². The molecule has 3 N–H and O–H groups in total. The number of nitrogens with one attached hydrogen (secondary N) is 1. The summed E-state index contributed by atoms with van der Waals surface area (Å²) in [5.41, 5.74) is 6.64. The highest BCUT2D eigenvalue weighted by Gasteiger charge is 2.17. The van der Waals surface area contributed by atoms with Crippen LogP contribution in [0.1, 0.15) is 24.6 Å². The molecule has 1 aliphatic heterocycles. The molecule has 0 amide bonds. The molecule has 1 aromatic rings. The second-order valence-corrected chi connectivity index (χ2v) is 3.65. The van der Waals surface area contributed by atoms with Gasteiger partial charge in [0.25, 0.3) is 0 Å². The smallest absolute Gasteiger partial charge is 0.180 e. The van der Waals surface area contributed by atoms with Crippen molar-refractivity contribution in [3.63, 3.8) is 0 Å². The molecule has 0 bridgehead atoms. The third-order valence-corrected chi connectivity index (χ3v) is 2.65. The van der Waals surface area contributed by atoms with Crippen molar-refractivity contribution < 1.29 is 0 Å². The van der Waals surface area contributed by atoms with Crippen molar-refractivity contribution in [2.24, 2.45) is 0 Å². The number of nitrogens with zero attached hydrogens (tertiary/aromatic N) is 1. The van der Waals surface area contributed by atoms with Gasteiger partial charge in [0.1, 0.15) is 0 Å². The second-order valence-electron chi connectivity index (χ2n) is 2.76. The van der Waals surface area contributed by atoms with Gasteiger partial charge in [-0.15, -0.1) is 11.3 Å². The lowest BCUT2D eigenvalue weighted by Crippen LogP contribution is -2.13. The molecule has 1 saturated heterocycles. The maximum absolute atomic E-state index is 5.53. The predicted molar refractivity (Wildman–Crippen MR) is 46.5 cm³/mol. The number of nitrogen functional groups attached to an aromatic ring is 1. The van der Waals surface area contributed by atoms with Crippen molar-refractivity contribution in [1.29, 1.82) is 0 Å². The topological polar surface area (TPSA) is 50.9 Å². The Hall–Kier alpha value is -0.610. The van der Waals surface area contributed by atoms with Gasteiger partial charge in [0, 0.05) is 5.38 Å². The minimum Gasteiger partial charge on any atom is -0.375 e. The van der Waals surface area contributed by atoms with E-state index in [9.17, 15) is 0 Å². The summed E-state index contributed by atoms with van der Waals surface area (Å²) in [6, 6.07) is 0.462. The van der Waals surface area contributed by atoms with Crippen molar-refractivity contribution in [1.82, 2.24) is 10.3 Å². The first-order valence-electron chi connectivity index (χ1n) is 3.80. The van der Waals surface area contributed by atoms with E-state index in [0.29, 0.717) is 11.2 Å². The van der Waals surface area contributed by atoms with Gasteiger partial charge in [-0.3, -0.25) is 0 Å². The molecule has 1 aliphatic rings. The average Bonchev–Trinajstić information content (AvgIpc) is 2.55. The fraction of sp³-hybridized carbons (Fsp3) is 0.571. The van der Waals surface area contributed by atoms with Crippen LogP contribution in [0.5, 0.6) is 0 Å². The first-order valence-corrected chi connectivity index (χ1v) is 4.68. The highest BCUT2D eigenvalue weighted by Crippen LogP contribution is 2.24. The van der Waals surface area contributed by atoms with E-state index in [1.54, 1.807) is 0 Å². The normalized spacial score (nSPS) is 24.2. The van der Waals surface area contributed by atoms with E-state index in [0.717, 1.165) is 12.2 Å². The third kappa shape index (κ3) is 1.36. The summed E-state index contributed by atoms with van der Waals surface area (Å²) in [6.07, 6.45) is 2.45. The van der Waals surface area contributed by atoms with E-state index in [2.05, 4.69) is 10.3 Å². The van der Waals surface area contributed by atoms with Crippen molar-refractivity contribution in [3.8, 4) is 0 Å². The molecular weight excluding hydrogens is 158 g/mol. The molecular formula is C7H11N3S. The number of rotatable bonds is 1. The Balaban J connectivity index is 2.15. The van der Waals surface area contributed by atoms with Gasteiger partial charge in [0.15, 0.2) is 5.13 Å². The Morgan fingerprint density at radius 2 is 2.64 bits per heavy atom. The standard InChI is InChI=1S/C7H11N3S/c8-7-10-6(4-11-7)5-2-1-3-9-5/h4-5,9H,1-3H2,(H2,8,10)/t5-/m0/s1. The first kappa shape index (κ1) is 7.06. The molecule has 4 heteroatoms. The Kier molecular flexibility index (Phi) is 1.79. The zero-order chi connectivity index (χ0) is 7.68. The summed E-state index contributed by atoms with van der Waals surface area (Å²) < 4.78 is 0. The Morgan fingerprint density at radius 1 is 1.73 bits per heavy atom. The van der Waals surface area contributed by atoms with Gasteiger partial charge in [0.2, 0.25) is 0 Å². The van der Waals surface area contributed by atoms with Crippen LogP contribution in [0.4, 0.5) is 5.13 Å². The zero-order valence-electron chi connectivity index (χ0n) is 6.21. The molecule has 0 spiro atoms. The monoisotopic (exact) mass is 169 g/mol. The number of anilines is 1. The number of thiazole rings is 1. The van der Waals surface area contributed by atoms with E-state index in [1.165, 1.54) is 24.2 Å². The Morgan fingerprint density at radius 3 is 3.18 bits per heavy atom. The molecule has 0 aromatic carbocycles. The molecule has 1 fully saturated rings. The molecule has 11 heavy (non-hydrogen) atoms. The highest BCUT2D eigenvalue weighted by molar-refractivity contribution is 7.13. The summed E-state index contributed by atoms with van der Waals surface area (Å²) in [5, 5.41) is 6.09. The van der Waals surface area contributed by atoms with Gasteiger partial charge in [-0.1, -0.05) is 0 Å². The molecule has 2 heterocycles. The maximum Gasteiger partial charge on any atom is 0.180 e. The average molecular weight is 169 g/mol. The summed E-state index contributed by atoms with van der Waals surface area (Å²) in [6.45, 7) is 1.11. The van der Waals surface area contributed by atoms with Crippen molar-refractivity contribution >= 4 is 16.5 Å². The highest BCUT2D eigenvalue weighted by atomic mass is 32.1. The van der Waals surface area contributed by atoms with Crippen LogP contribution >= 0.6 is 11.3 Å². The van der Waals surface area contributed by atoms with Crippen molar-refractivity contribution in [2.75, 3.05) is 12.3 Å². The molecule has 3 nitrogen and oxygen atoms in total. The van der Waals surface area contributed by atoms with E-state index >= 15 is 0 Å². The van der Waals surface area contributed by atoms with Crippen LogP contribution in [0.25, 0.3) is 0 Å². The zero-order valence-corrected chi connectivity index (χ0v) is 7.03. The van der Waals surface area contributed by atoms with Gasteiger partial charge in [-0.2, -0.15) is 0 Å². The summed E-state index contributed by atoms with van der Waals surface area (Å²) in [7, 11) is 0.